The van der Waals surface area contributed by atoms with Crippen molar-refractivity contribution in [3.63, 3.8) is 0 Å². The molecule has 0 atom stereocenters. The molecule has 0 aromatic rings. The lowest BCUT2D eigenvalue weighted by atomic mass is 9.84. The lowest BCUT2D eigenvalue weighted by Gasteiger charge is -2.46. The molecule has 2 fully saturated rings. The molecule has 2 aliphatic rings. The first-order valence-corrected chi connectivity index (χ1v) is 6.76. The van der Waals surface area contributed by atoms with Crippen molar-refractivity contribution in [1.29, 1.82) is 0 Å². The van der Waals surface area contributed by atoms with Crippen LogP contribution in [0.15, 0.2) is 0 Å². The molecular formula is C13H26N2O. The zero-order valence-electron chi connectivity index (χ0n) is 10.8. The number of nitrogens with one attached hydrogen (secondary N) is 1. The summed E-state index contributed by atoms with van der Waals surface area (Å²) in [5, 5.41) is 3.54. The zero-order chi connectivity index (χ0) is 11.4. The Kier molecular flexibility index (Phi) is 4.22. The summed E-state index contributed by atoms with van der Waals surface area (Å²) in [4.78, 5) is 2.74. The van der Waals surface area contributed by atoms with Gasteiger partial charge >= 0.3 is 0 Å². The van der Waals surface area contributed by atoms with Gasteiger partial charge in [0.25, 0.3) is 0 Å². The zero-order valence-corrected chi connectivity index (χ0v) is 10.8. The van der Waals surface area contributed by atoms with Crippen molar-refractivity contribution in [2.45, 2.75) is 38.6 Å². The third-order valence-corrected chi connectivity index (χ3v) is 4.01. The maximum Gasteiger partial charge on any atom is 0.0483 e. The van der Waals surface area contributed by atoms with E-state index in [0.717, 1.165) is 25.7 Å². The van der Waals surface area contributed by atoms with Crippen LogP contribution in [0.5, 0.6) is 0 Å². The van der Waals surface area contributed by atoms with E-state index < -0.39 is 0 Å². The van der Waals surface area contributed by atoms with Crippen molar-refractivity contribution in [3.8, 4) is 0 Å². The summed E-state index contributed by atoms with van der Waals surface area (Å²) in [6.45, 7) is 11.3. The predicted octanol–water partition coefficient (Wildman–Crippen LogP) is 1.49. The standard InChI is InChI=1S/C13H26N2O/c1-12(2)11-15-8-7-14-6-3-13(15)4-9-16-10-5-13/h12,14H,3-11H2,1-2H3. The molecule has 0 bridgehead atoms. The molecule has 16 heavy (non-hydrogen) atoms. The topological polar surface area (TPSA) is 24.5 Å². The van der Waals surface area contributed by atoms with Gasteiger partial charge in [-0.15, -0.1) is 0 Å². The second-order valence-electron chi connectivity index (χ2n) is 5.68. The molecule has 94 valence electrons. The maximum absolute atomic E-state index is 5.54. The number of hydrogen-bond acceptors (Lipinski definition) is 3. The van der Waals surface area contributed by atoms with Crippen LogP contribution in [0, 0.1) is 5.92 Å². The fourth-order valence-electron chi connectivity index (χ4n) is 3.10. The van der Waals surface area contributed by atoms with Crippen molar-refractivity contribution >= 4 is 0 Å². The molecule has 0 amide bonds. The summed E-state index contributed by atoms with van der Waals surface area (Å²) in [5.74, 6) is 0.762. The number of ether oxygens (including phenoxy) is 1. The van der Waals surface area contributed by atoms with Crippen LogP contribution in [0.1, 0.15) is 33.1 Å². The third kappa shape index (κ3) is 2.76. The van der Waals surface area contributed by atoms with E-state index in [2.05, 4.69) is 24.1 Å². The molecule has 0 saturated carbocycles. The highest BCUT2D eigenvalue weighted by atomic mass is 16.5. The van der Waals surface area contributed by atoms with Crippen LogP contribution in [0.3, 0.4) is 0 Å². The van der Waals surface area contributed by atoms with Crippen LogP contribution in [-0.2, 0) is 4.74 Å². The first-order chi connectivity index (χ1) is 7.73. The smallest absolute Gasteiger partial charge is 0.0483 e. The summed E-state index contributed by atoms with van der Waals surface area (Å²) >= 11 is 0. The van der Waals surface area contributed by atoms with E-state index in [9.17, 15) is 0 Å². The molecule has 2 rings (SSSR count). The molecule has 2 saturated heterocycles. The van der Waals surface area contributed by atoms with Crippen LogP contribution in [-0.4, -0.2) is 49.8 Å². The highest BCUT2D eigenvalue weighted by Gasteiger charge is 2.38. The lowest BCUT2D eigenvalue weighted by molar-refractivity contribution is -0.0312. The van der Waals surface area contributed by atoms with Crippen LogP contribution in [0.4, 0.5) is 0 Å². The van der Waals surface area contributed by atoms with Gasteiger partial charge in [0.05, 0.1) is 0 Å². The average Bonchev–Trinajstić information content (AvgIpc) is 2.44. The minimum absolute atomic E-state index is 0.437. The molecule has 0 aliphatic carbocycles. The normalized spacial score (nSPS) is 27.2. The highest BCUT2D eigenvalue weighted by molar-refractivity contribution is 4.95. The summed E-state index contributed by atoms with van der Waals surface area (Å²) in [6, 6.07) is 0. The van der Waals surface area contributed by atoms with Gasteiger partial charge in [-0.1, -0.05) is 13.8 Å². The van der Waals surface area contributed by atoms with Crippen molar-refractivity contribution in [2.24, 2.45) is 5.92 Å². The molecule has 0 aromatic carbocycles. The Hall–Kier alpha value is -0.120. The van der Waals surface area contributed by atoms with Crippen molar-refractivity contribution in [1.82, 2.24) is 10.2 Å². The molecule has 0 unspecified atom stereocenters. The largest absolute Gasteiger partial charge is 0.381 e. The van der Waals surface area contributed by atoms with E-state index in [4.69, 9.17) is 4.74 Å². The van der Waals surface area contributed by atoms with Gasteiger partial charge < -0.3 is 10.1 Å². The second kappa shape index (κ2) is 5.48. The summed E-state index contributed by atoms with van der Waals surface area (Å²) < 4.78 is 5.54. The van der Waals surface area contributed by atoms with Crippen molar-refractivity contribution in [3.05, 3.63) is 0 Å². The SMILES string of the molecule is CC(C)CN1CCNCCC12CCOCC2. The van der Waals surface area contributed by atoms with E-state index in [-0.39, 0.29) is 0 Å². The Morgan fingerprint density at radius 3 is 2.62 bits per heavy atom. The Morgan fingerprint density at radius 1 is 1.19 bits per heavy atom. The average molecular weight is 226 g/mol. The molecular weight excluding hydrogens is 200 g/mol. The molecule has 1 spiro atoms. The molecule has 2 aliphatic heterocycles. The molecule has 0 radical (unpaired) electrons. The van der Waals surface area contributed by atoms with E-state index in [1.165, 1.54) is 38.9 Å². The first-order valence-electron chi connectivity index (χ1n) is 6.76. The Balaban J connectivity index is 2.07. The summed E-state index contributed by atoms with van der Waals surface area (Å²) in [5.41, 5.74) is 0.437. The fourth-order valence-corrected chi connectivity index (χ4v) is 3.10. The van der Waals surface area contributed by atoms with Crippen molar-refractivity contribution in [2.75, 3.05) is 39.4 Å². The van der Waals surface area contributed by atoms with Gasteiger partial charge in [-0.05, 0) is 31.7 Å². The highest BCUT2D eigenvalue weighted by Crippen LogP contribution is 2.32. The summed E-state index contributed by atoms with van der Waals surface area (Å²) in [7, 11) is 0. The monoisotopic (exact) mass is 226 g/mol. The summed E-state index contributed by atoms with van der Waals surface area (Å²) in [6.07, 6.45) is 3.74. The molecule has 1 N–H and O–H groups in total. The van der Waals surface area contributed by atoms with E-state index in [1.807, 2.05) is 0 Å². The van der Waals surface area contributed by atoms with Crippen LogP contribution in [0.2, 0.25) is 0 Å². The van der Waals surface area contributed by atoms with Gasteiger partial charge in [0.15, 0.2) is 0 Å². The Bertz CT molecular complexity index is 212. The minimum atomic E-state index is 0.437. The molecule has 0 aromatic heterocycles. The molecule has 3 nitrogen and oxygen atoms in total. The van der Waals surface area contributed by atoms with E-state index in [1.54, 1.807) is 0 Å². The Morgan fingerprint density at radius 2 is 1.94 bits per heavy atom. The van der Waals surface area contributed by atoms with Gasteiger partial charge in [-0.2, -0.15) is 0 Å². The molecule has 3 heteroatoms. The van der Waals surface area contributed by atoms with Crippen LogP contribution >= 0.6 is 0 Å². The quantitative estimate of drug-likeness (QED) is 0.772. The van der Waals surface area contributed by atoms with Crippen molar-refractivity contribution < 1.29 is 4.74 Å². The van der Waals surface area contributed by atoms with Gasteiger partial charge in [0, 0.05) is 38.4 Å². The van der Waals surface area contributed by atoms with Gasteiger partial charge in [-0.25, -0.2) is 0 Å². The van der Waals surface area contributed by atoms with Crippen LogP contribution in [0.25, 0.3) is 0 Å². The fraction of sp³-hybridized carbons (Fsp3) is 1.00. The van der Waals surface area contributed by atoms with Crippen LogP contribution < -0.4 is 5.32 Å². The minimum Gasteiger partial charge on any atom is -0.381 e. The molecule has 2 heterocycles. The van der Waals surface area contributed by atoms with E-state index >= 15 is 0 Å². The Labute approximate surface area is 99.5 Å². The van der Waals surface area contributed by atoms with Gasteiger partial charge in [0.2, 0.25) is 0 Å². The number of hydrogen-bond donors (Lipinski definition) is 1. The van der Waals surface area contributed by atoms with Gasteiger partial charge in [-0.3, -0.25) is 4.90 Å². The van der Waals surface area contributed by atoms with E-state index in [0.29, 0.717) is 5.54 Å². The predicted molar refractivity (Wildman–Crippen MR) is 66.7 cm³/mol. The van der Waals surface area contributed by atoms with Gasteiger partial charge in [0.1, 0.15) is 0 Å². The maximum atomic E-state index is 5.54. The second-order valence-corrected chi connectivity index (χ2v) is 5.68. The number of rotatable bonds is 2. The third-order valence-electron chi connectivity index (χ3n) is 4.01. The number of nitrogens with zero attached hydrogens (tertiary/aromatic N) is 1. The first kappa shape index (κ1) is 12.3. The lowest BCUT2D eigenvalue weighted by Crippen LogP contribution is -2.53.